The van der Waals surface area contributed by atoms with Crippen LogP contribution in [-0.4, -0.2) is 22.3 Å². The van der Waals surface area contributed by atoms with E-state index in [9.17, 15) is 0 Å². The lowest BCUT2D eigenvalue weighted by molar-refractivity contribution is 0.461. The molecule has 1 heterocycles. The van der Waals surface area contributed by atoms with E-state index in [1.807, 2.05) is 0 Å². The SMILES string of the molecule is CSc1nc2c(c(NC3CCCCC3)n1)CCC2. The van der Waals surface area contributed by atoms with Crippen LogP contribution in [0, 0.1) is 0 Å². The molecule has 4 heteroatoms. The molecule has 1 saturated carbocycles. The highest BCUT2D eigenvalue weighted by Crippen LogP contribution is 2.30. The van der Waals surface area contributed by atoms with Crippen molar-refractivity contribution >= 4 is 17.6 Å². The fourth-order valence-electron chi connectivity index (χ4n) is 3.06. The van der Waals surface area contributed by atoms with Gasteiger partial charge in [0.05, 0.1) is 5.69 Å². The number of aryl methyl sites for hydroxylation is 1. The van der Waals surface area contributed by atoms with Gasteiger partial charge in [0.25, 0.3) is 0 Å². The Morgan fingerprint density at radius 3 is 2.67 bits per heavy atom. The predicted molar refractivity (Wildman–Crippen MR) is 76.3 cm³/mol. The van der Waals surface area contributed by atoms with Crippen LogP contribution in [0.3, 0.4) is 0 Å². The number of anilines is 1. The zero-order chi connectivity index (χ0) is 12.4. The van der Waals surface area contributed by atoms with Crippen molar-refractivity contribution in [2.24, 2.45) is 0 Å². The fourth-order valence-corrected chi connectivity index (χ4v) is 3.44. The quantitative estimate of drug-likeness (QED) is 0.669. The van der Waals surface area contributed by atoms with E-state index in [0.717, 1.165) is 23.8 Å². The molecule has 0 bridgehead atoms. The third-order valence-corrected chi connectivity index (χ3v) is 4.59. The second kappa shape index (κ2) is 5.47. The maximum Gasteiger partial charge on any atom is 0.189 e. The summed E-state index contributed by atoms with van der Waals surface area (Å²) in [6.45, 7) is 0. The van der Waals surface area contributed by atoms with Crippen LogP contribution in [0.1, 0.15) is 49.8 Å². The molecule has 3 nitrogen and oxygen atoms in total. The first-order valence-corrected chi connectivity index (χ1v) is 8.29. The molecule has 1 N–H and O–H groups in total. The minimum atomic E-state index is 0.632. The average molecular weight is 263 g/mol. The van der Waals surface area contributed by atoms with E-state index in [1.54, 1.807) is 11.8 Å². The zero-order valence-electron chi connectivity index (χ0n) is 11.0. The Hall–Kier alpha value is -0.770. The van der Waals surface area contributed by atoms with Gasteiger partial charge in [0, 0.05) is 11.6 Å². The molecule has 3 rings (SSSR count). The van der Waals surface area contributed by atoms with Crippen LogP contribution in [0.4, 0.5) is 5.82 Å². The Labute approximate surface area is 113 Å². The maximum atomic E-state index is 4.70. The highest BCUT2D eigenvalue weighted by Gasteiger charge is 2.21. The standard InChI is InChI=1S/C14H21N3S/c1-18-14-16-12-9-5-8-11(12)13(17-14)15-10-6-3-2-4-7-10/h10H,2-9H2,1H3,(H,15,16,17). The summed E-state index contributed by atoms with van der Waals surface area (Å²) in [5.41, 5.74) is 2.67. The van der Waals surface area contributed by atoms with Gasteiger partial charge in [-0.1, -0.05) is 31.0 Å². The number of hydrogen-bond acceptors (Lipinski definition) is 4. The number of hydrogen-bond donors (Lipinski definition) is 1. The van der Waals surface area contributed by atoms with Crippen LogP contribution in [0.25, 0.3) is 0 Å². The molecule has 2 aliphatic rings. The van der Waals surface area contributed by atoms with Gasteiger partial charge in [0.15, 0.2) is 5.16 Å². The lowest BCUT2D eigenvalue weighted by Crippen LogP contribution is -2.24. The maximum absolute atomic E-state index is 4.70. The summed E-state index contributed by atoms with van der Waals surface area (Å²) in [5.74, 6) is 1.13. The van der Waals surface area contributed by atoms with Crippen LogP contribution in [0.2, 0.25) is 0 Å². The second-order valence-electron chi connectivity index (χ2n) is 5.32. The highest BCUT2D eigenvalue weighted by atomic mass is 32.2. The average Bonchev–Trinajstić information content (AvgIpc) is 2.88. The molecule has 0 atom stereocenters. The molecule has 0 radical (unpaired) electrons. The number of thioether (sulfide) groups is 1. The molecule has 98 valence electrons. The first-order chi connectivity index (χ1) is 8.86. The predicted octanol–water partition coefficient (Wildman–Crippen LogP) is 3.43. The molecule has 2 aliphatic carbocycles. The zero-order valence-corrected chi connectivity index (χ0v) is 11.9. The summed E-state index contributed by atoms with van der Waals surface area (Å²) >= 11 is 1.65. The summed E-state index contributed by atoms with van der Waals surface area (Å²) in [5, 5.41) is 4.62. The van der Waals surface area contributed by atoms with E-state index in [2.05, 4.69) is 16.6 Å². The van der Waals surface area contributed by atoms with E-state index >= 15 is 0 Å². The van der Waals surface area contributed by atoms with Gasteiger partial charge in [-0.25, -0.2) is 9.97 Å². The molecule has 1 aromatic heterocycles. The fraction of sp³-hybridized carbons (Fsp3) is 0.714. The van der Waals surface area contributed by atoms with E-state index < -0.39 is 0 Å². The Kier molecular flexibility index (Phi) is 3.73. The molecule has 18 heavy (non-hydrogen) atoms. The third kappa shape index (κ3) is 2.48. The van der Waals surface area contributed by atoms with Gasteiger partial charge in [-0.05, 0) is 38.4 Å². The Morgan fingerprint density at radius 1 is 1.06 bits per heavy atom. The van der Waals surface area contributed by atoms with Crippen molar-refractivity contribution in [3.8, 4) is 0 Å². The smallest absolute Gasteiger partial charge is 0.189 e. The third-order valence-electron chi connectivity index (χ3n) is 4.04. The van der Waals surface area contributed by atoms with Gasteiger partial charge in [0.1, 0.15) is 5.82 Å². The van der Waals surface area contributed by atoms with Gasteiger partial charge < -0.3 is 5.32 Å². The van der Waals surface area contributed by atoms with E-state index in [1.165, 1.54) is 49.8 Å². The van der Waals surface area contributed by atoms with E-state index in [-0.39, 0.29) is 0 Å². The lowest BCUT2D eigenvalue weighted by atomic mass is 9.95. The van der Waals surface area contributed by atoms with Crippen LogP contribution < -0.4 is 5.32 Å². The van der Waals surface area contributed by atoms with Crippen LogP contribution >= 0.6 is 11.8 Å². The van der Waals surface area contributed by atoms with Crippen LogP contribution in [0.15, 0.2) is 5.16 Å². The number of fused-ring (bicyclic) bond motifs is 1. The van der Waals surface area contributed by atoms with E-state index in [0.29, 0.717) is 6.04 Å². The van der Waals surface area contributed by atoms with Crippen LogP contribution in [0.5, 0.6) is 0 Å². The highest BCUT2D eigenvalue weighted by molar-refractivity contribution is 7.98. The molecule has 0 amide bonds. The molecule has 1 fully saturated rings. The lowest BCUT2D eigenvalue weighted by Gasteiger charge is -2.24. The topological polar surface area (TPSA) is 37.8 Å². The molecule has 0 unspecified atom stereocenters. The minimum Gasteiger partial charge on any atom is -0.367 e. The second-order valence-corrected chi connectivity index (χ2v) is 6.09. The first kappa shape index (κ1) is 12.3. The number of rotatable bonds is 3. The molecule has 1 aromatic rings. The van der Waals surface area contributed by atoms with Crippen molar-refractivity contribution in [1.82, 2.24) is 9.97 Å². The number of aromatic nitrogens is 2. The molecule has 0 spiro atoms. The number of nitrogens with one attached hydrogen (secondary N) is 1. The Bertz CT molecular complexity index is 427. The van der Waals surface area contributed by atoms with Crippen molar-refractivity contribution in [3.05, 3.63) is 11.3 Å². The monoisotopic (exact) mass is 263 g/mol. The van der Waals surface area contributed by atoms with E-state index in [4.69, 9.17) is 4.98 Å². The van der Waals surface area contributed by atoms with Gasteiger partial charge in [0.2, 0.25) is 0 Å². The summed E-state index contributed by atoms with van der Waals surface area (Å²) < 4.78 is 0. The normalized spacial score (nSPS) is 19.8. The van der Waals surface area contributed by atoms with Crippen molar-refractivity contribution in [2.45, 2.75) is 62.6 Å². The largest absolute Gasteiger partial charge is 0.367 e. The van der Waals surface area contributed by atoms with Crippen molar-refractivity contribution in [2.75, 3.05) is 11.6 Å². The minimum absolute atomic E-state index is 0.632. The van der Waals surface area contributed by atoms with Crippen molar-refractivity contribution in [1.29, 1.82) is 0 Å². The molecule has 0 saturated heterocycles. The Morgan fingerprint density at radius 2 is 1.89 bits per heavy atom. The van der Waals surface area contributed by atoms with Crippen molar-refractivity contribution < 1.29 is 0 Å². The molecule has 0 aromatic carbocycles. The summed E-state index contributed by atoms with van der Waals surface area (Å²) in [6, 6.07) is 0.632. The van der Waals surface area contributed by atoms with Crippen LogP contribution in [-0.2, 0) is 12.8 Å². The van der Waals surface area contributed by atoms with Gasteiger partial charge in [-0.2, -0.15) is 0 Å². The summed E-state index contributed by atoms with van der Waals surface area (Å²) in [7, 11) is 0. The first-order valence-electron chi connectivity index (χ1n) is 7.07. The van der Waals surface area contributed by atoms with Crippen molar-refractivity contribution in [3.63, 3.8) is 0 Å². The van der Waals surface area contributed by atoms with Gasteiger partial charge >= 0.3 is 0 Å². The van der Waals surface area contributed by atoms with Gasteiger partial charge in [-0.3, -0.25) is 0 Å². The molecule has 0 aliphatic heterocycles. The van der Waals surface area contributed by atoms with Gasteiger partial charge in [-0.15, -0.1) is 0 Å². The molecular weight excluding hydrogens is 242 g/mol. The summed E-state index contributed by atoms with van der Waals surface area (Å²) in [6.07, 6.45) is 12.3. The molecular formula is C14H21N3S. The summed E-state index contributed by atoms with van der Waals surface area (Å²) in [4.78, 5) is 9.34. The Balaban J connectivity index is 1.83. The number of nitrogens with zero attached hydrogens (tertiary/aromatic N) is 2.